The molecule has 2 aromatic carbocycles. The maximum atomic E-state index is 12.7. The van der Waals surface area contributed by atoms with Gasteiger partial charge < -0.3 is 15.0 Å². The molecule has 0 radical (unpaired) electrons. The number of hydrogen-bond donors (Lipinski definition) is 1. The van der Waals surface area contributed by atoms with Crippen LogP contribution in [0.3, 0.4) is 0 Å². The lowest BCUT2D eigenvalue weighted by molar-refractivity contribution is -0.120. The minimum atomic E-state index is -0.0843. The average molecular weight is 338 g/mol. The molecule has 2 aromatic rings. The monoisotopic (exact) mass is 338 g/mol. The Bertz CT molecular complexity index is 771. The van der Waals surface area contributed by atoms with Gasteiger partial charge in [0.2, 0.25) is 0 Å². The Labute approximate surface area is 147 Å². The fourth-order valence-electron chi connectivity index (χ4n) is 2.88. The summed E-state index contributed by atoms with van der Waals surface area (Å²) >= 11 is 0. The van der Waals surface area contributed by atoms with E-state index in [9.17, 15) is 9.59 Å². The van der Waals surface area contributed by atoms with Crippen LogP contribution in [-0.2, 0) is 4.79 Å². The molecule has 0 spiro atoms. The highest BCUT2D eigenvalue weighted by molar-refractivity contribution is 5.98. The van der Waals surface area contributed by atoms with Crippen molar-refractivity contribution in [3.05, 3.63) is 54.1 Å². The van der Waals surface area contributed by atoms with E-state index in [1.165, 1.54) is 6.92 Å². The molecule has 3 rings (SSSR count). The third kappa shape index (κ3) is 3.99. The lowest BCUT2D eigenvalue weighted by atomic mass is 10.1. The SMILES string of the molecule is CC(=O)c1ccc(OCC(=O)N2CC[C@H](C)Nc3ccccc32)cc1. The first-order valence-corrected chi connectivity index (χ1v) is 8.44. The third-order valence-corrected chi connectivity index (χ3v) is 4.31. The van der Waals surface area contributed by atoms with Crippen LogP contribution in [0.25, 0.3) is 0 Å². The van der Waals surface area contributed by atoms with Gasteiger partial charge in [-0.1, -0.05) is 12.1 Å². The predicted octanol–water partition coefficient (Wildman–Crippen LogP) is 3.51. The molecule has 130 valence electrons. The van der Waals surface area contributed by atoms with E-state index in [1.54, 1.807) is 29.2 Å². The van der Waals surface area contributed by atoms with E-state index in [0.29, 0.717) is 23.9 Å². The number of para-hydroxylation sites is 2. The Morgan fingerprint density at radius 1 is 1.16 bits per heavy atom. The van der Waals surface area contributed by atoms with E-state index in [2.05, 4.69) is 12.2 Å². The first-order chi connectivity index (χ1) is 12.0. The van der Waals surface area contributed by atoms with Crippen molar-refractivity contribution in [2.45, 2.75) is 26.3 Å². The van der Waals surface area contributed by atoms with E-state index in [1.807, 2.05) is 24.3 Å². The molecule has 1 N–H and O–H groups in total. The number of fused-ring (bicyclic) bond motifs is 1. The molecular formula is C20H22N2O3. The zero-order chi connectivity index (χ0) is 17.8. The van der Waals surface area contributed by atoms with Gasteiger partial charge in [0.05, 0.1) is 11.4 Å². The number of Topliss-reactive ketones (excluding diaryl/α,β-unsaturated/α-hetero) is 1. The number of benzene rings is 2. The second-order valence-electron chi connectivity index (χ2n) is 6.27. The number of hydrogen-bond acceptors (Lipinski definition) is 4. The molecule has 0 saturated heterocycles. The lowest BCUT2D eigenvalue weighted by Crippen LogP contribution is -2.35. The van der Waals surface area contributed by atoms with Gasteiger partial charge in [-0.3, -0.25) is 9.59 Å². The molecule has 1 atom stereocenters. The third-order valence-electron chi connectivity index (χ3n) is 4.31. The number of carbonyl (C=O) groups is 2. The van der Waals surface area contributed by atoms with Crippen LogP contribution in [0, 0.1) is 0 Å². The normalized spacial score (nSPS) is 16.4. The summed E-state index contributed by atoms with van der Waals surface area (Å²) in [4.78, 5) is 25.8. The van der Waals surface area contributed by atoms with Crippen LogP contribution < -0.4 is 15.0 Å². The van der Waals surface area contributed by atoms with Gasteiger partial charge in [-0.05, 0) is 56.7 Å². The number of carbonyl (C=O) groups excluding carboxylic acids is 2. The zero-order valence-corrected chi connectivity index (χ0v) is 14.5. The molecule has 1 amide bonds. The molecule has 1 aliphatic rings. The summed E-state index contributed by atoms with van der Waals surface area (Å²) in [5, 5.41) is 3.43. The van der Waals surface area contributed by atoms with Crippen molar-refractivity contribution < 1.29 is 14.3 Å². The van der Waals surface area contributed by atoms with Crippen LogP contribution >= 0.6 is 0 Å². The lowest BCUT2D eigenvalue weighted by Gasteiger charge is -2.22. The van der Waals surface area contributed by atoms with Gasteiger partial charge in [-0.15, -0.1) is 0 Å². The predicted molar refractivity (Wildman–Crippen MR) is 98.4 cm³/mol. The van der Waals surface area contributed by atoms with Crippen molar-refractivity contribution in [3.8, 4) is 5.75 Å². The highest BCUT2D eigenvalue weighted by Gasteiger charge is 2.23. The second kappa shape index (κ2) is 7.38. The molecule has 25 heavy (non-hydrogen) atoms. The largest absolute Gasteiger partial charge is 0.484 e. The standard InChI is InChI=1S/C20H22N2O3/c1-14-11-12-22(19-6-4-3-5-18(19)21-14)20(24)13-25-17-9-7-16(8-10-17)15(2)23/h3-10,14,21H,11-13H2,1-2H3/t14-/m0/s1. The summed E-state index contributed by atoms with van der Waals surface area (Å²) in [6.45, 7) is 4.24. The van der Waals surface area contributed by atoms with Crippen molar-refractivity contribution in [2.75, 3.05) is 23.4 Å². The molecule has 5 heteroatoms. The first kappa shape index (κ1) is 17.0. The topological polar surface area (TPSA) is 58.6 Å². The molecule has 0 bridgehead atoms. The van der Waals surface area contributed by atoms with E-state index in [-0.39, 0.29) is 18.3 Å². The molecule has 1 heterocycles. The smallest absolute Gasteiger partial charge is 0.264 e. The summed E-state index contributed by atoms with van der Waals surface area (Å²) in [5.41, 5.74) is 2.47. The van der Waals surface area contributed by atoms with Crippen LogP contribution in [0.4, 0.5) is 11.4 Å². The van der Waals surface area contributed by atoms with E-state index in [4.69, 9.17) is 4.74 Å². The molecule has 5 nitrogen and oxygen atoms in total. The summed E-state index contributed by atoms with van der Waals surface area (Å²) in [5.74, 6) is 0.498. The molecule has 0 unspecified atom stereocenters. The van der Waals surface area contributed by atoms with Crippen molar-refractivity contribution in [2.24, 2.45) is 0 Å². The molecular weight excluding hydrogens is 316 g/mol. The molecule has 0 saturated carbocycles. The van der Waals surface area contributed by atoms with E-state index < -0.39 is 0 Å². The van der Waals surface area contributed by atoms with Gasteiger partial charge >= 0.3 is 0 Å². The Kier molecular flexibility index (Phi) is 5.03. The van der Waals surface area contributed by atoms with Crippen molar-refractivity contribution in [1.82, 2.24) is 0 Å². The van der Waals surface area contributed by atoms with Crippen LogP contribution in [-0.4, -0.2) is 30.9 Å². The van der Waals surface area contributed by atoms with Crippen LogP contribution in [0.5, 0.6) is 5.75 Å². The van der Waals surface area contributed by atoms with Crippen LogP contribution in [0.1, 0.15) is 30.6 Å². The summed E-state index contributed by atoms with van der Waals surface area (Å²) < 4.78 is 5.62. The van der Waals surface area contributed by atoms with Gasteiger partial charge in [0.25, 0.3) is 5.91 Å². The number of nitrogens with zero attached hydrogens (tertiary/aromatic N) is 1. The number of ketones is 1. The zero-order valence-electron chi connectivity index (χ0n) is 14.5. The molecule has 0 aromatic heterocycles. The molecule has 0 fully saturated rings. The summed E-state index contributed by atoms with van der Waals surface area (Å²) in [7, 11) is 0. The highest BCUT2D eigenvalue weighted by Crippen LogP contribution is 2.29. The maximum absolute atomic E-state index is 12.7. The van der Waals surface area contributed by atoms with Gasteiger partial charge in [0, 0.05) is 18.2 Å². The van der Waals surface area contributed by atoms with Crippen molar-refractivity contribution in [3.63, 3.8) is 0 Å². The van der Waals surface area contributed by atoms with Crippen LogP contribution in [0.2, 0.25) is 0 Å². The maximum Gasteiger partial charge on any atom is 0.264 e. The van der Waals surface area contributed by atoms with Gasteiger partial charge in [-0.25, -0.2) is 0 Å². The quantitative estimate of drug-likeness (QED) is 0.867. The van der Waals surface area contributed by atoms with Gasteiger partial charge in [0.15, 0.2) is 12.4 Å². The summed E-state index contributed by atoms with van der Waals surface area (Å²) in [6, 6.07) is 15.0. The number of nitrogens with one attached hydrogen (secondary N) is 1. The fourth-order valence-corrected chi connectivity index (χ4v) is 2.88. The van der Waals surface area contributed by atoms with Gasteiger partial charge in [-0.2, -0.15) is 0 Å². The minimum Gasteiger partial charge on any atom is -0.484 e. The first-order valence-electron chi connectivity index (χ1n) is 8.44. The summed E-state index contributed by atoms with van der Waals surface area (Å²) in [6.07, 6.45) is 0.869. The highest BCUT2D eigenvalue weighted by atomic mass is 16.5. The number of anilines is 2. The Balaban J connectivity index is 1.69. The van der Waals surface area contributed by atoms with Crippen molar-refractivity contribution in [1.29, 1.82) is 0 Å². The fraction of sp³-hybridized carbons (Fsp3) is 0.300. The number of rotatable bonds is 4. The van der Waals surface area contributed by atoms with E-state index in [0.717, 1.165) is 17.8 Å². The van der Waals surface area contributed by atoms with E-state index >= 15 is 0 Å². The molecule has 0 aliphatic carbocycles. The molecule has 1 aliphatic heterocycles. The Morgan fingerprint density at radius 2 is 1.88 bits per heavy atom. The minimum absolute atomic E-state index is 0.00502. The van der Waals surface area contributed by atoms with Crippen molar-refractivity contribution >= 4 is 23.1 Å². The van der Waals surface area contributed by atoms with Gasteiger partial charge in [0.1, 0.15) is 5.75 Å². The Morgan fingerprint density at radius 3 is 2.60 bits per heavy atom. The number of ether oxygens (including phenoxy) is 1. The number of amides is 1. The van der Waals surface area contributed by atoms with Crippen LogP contribution in [0.15, 0.2) is 48.5 Å². The Hall–Kier alpha value is -2.82. The average Bonchev–Trinajstić information content (AvgIpc) is 2.78. The second-order valence-corrected chi connectivity index (χ2v) is 6.27.